The monoisotopic (exact) mass is 350 g/mol. The Morgan fingerprint density at radius 2 is 1.92 bits per heavy atom. The number of hydrogen-bond donors (Lipinski definition) is 0. The number of aryl methyl sites for hydroxylation is 1. The van der Waals surface area contributed by atoms with Gasteiger partial charge in [0.2, 0.25) is 5.91 Å². The SMILES string of the molecule is COc1ccc(CCC(=O)N(Cc2ccccn2)Cc2ccco2)cc1. The molecule has 0 aliphatic heterocycles. The third-order valence-electron chi connectivity index (χ3n) is 4.15. The van der Waals surface area contributed by atoms with Crippen molar-refractivity contribution >= 4 is 5.91 Å². The first-order valence-corrected chi connectivity index (χ1v) is 8.57. The molecule has 1 amide bonds. The van der Waals surface area contributed by atoms with Crippen molar-refractivity contribution in [2.45, 2.75) is 25.9 Å². The summed E-state index contributed by atoms with van der Waals surface area (Å²) in [5.74, 6) is 1.65. The zero-order chi connectivity index (χ0) is 18.2. The second-order valence-corrected chi connectivity index (χ2v) is 6.00. The normalized spacial score (nSPS) is 10.5. The maximum atomic E-state index is 12.8. The highest BCUT2D eigenvalue weighted by Crippen LogP contribution is 2.15. The van der Waals surface area contributed by atoms with E-state index in [4.69, 9.17) is 9.15 Å². The van der Waals surface area contributed by atoms with Gasteiger partial charge < -0.3 is 14.1 Å². The molecule has 0 spiro atoms. The van der Waals surface area contributed by atoms with E-state index in [2.05, 4.69) is 4.98 Å². The number of pyridine rings is 1. The molecule has 0 unspecified atom stereocenters. The van der Waals surface area contributed by atoms with Crippen molar-refractivity contribution < 1.29 is 13.9 Å². The van der Waals surface area contributed by atoms with Crippen LogP contribution in [0.3, 0.4) is 0 Å². The third-order valence-corrected chi connectivity index (χ3v) is 4.15. The number of amides is 1. The number of ether oxygens (including phenoxy) is 1. The third kappa shape index (κ3) is 4.96. The van der Waals surface area contributed by atoms with Crippen LogP contribution in [-0.2, 0) is 24.3 Å². The lowest BCUT2D eigenvalue weighted by atomic mass is 10.1. The Labute approximate surface area is 153 Å². The standard InChI is InChI=1S/C21H22N2O3/c1-25-19-10-7-17(8-11-19)9-12-21(24)23(16-20-6-4-14-26-20)15-18-5-2-3-13-22-18/h2-8,10-11,13-14H,9,12,15-16H2,1H3. The molecular weight excluding hydrogens is 328 g/mol. The van der Waals surface area contributed by atoms with Crippen LogP contribution in [0.15, 0.2) is 71.5 Å². The Hall–Kier alpha value is -3.08. The molecule has 0 N–H and O–H groups in total. The maximum Gasteiger partial charge on any atom is 0.223 e. The molecule has 134 valence electrons. The predicted molar refractivity (Wildman–Crippen MR) is 98.5 cm³/mol. The number of carbonyl (C=O) groups is 1. The summed E-state index contributed by atoms with van der Waals surface area (Å²) in [5.41, 5.74) is 1.96. The quantitative estimate of drug-likeness (QED) is 0.619. The predicted octanol–water partition coefficient (Wildman–Crippen LogP) is 3.84. The maximum absolute atomic E-state index is 12.8. The highest BCUT2D eigenvalue weighted by atomic mass is 16.5. The number of carbonyl (C=O) groups excluding carboxylic acids is 1. The van der Waals surface area contributed by atoms with E-state index in [1.54, 1.807) is 24.5 Å². The van der Waals surface area contributed by atoms with E-state index in [9.17, 15) is 4.79 Å². The van der Waals surface area contributed by atoms with Crippen molar-refractivity contribution in [2.75, 3.05) is 7.11 Å². The molecule has 0 bridgehead atoms. The molecule has 2 heterocycles. The molecule has 0 saturated heterocycles. The van der Waals surface area contributed by atoms with E-state index in [0.717, 1.165) is 22.8 Å². The van der Waals surface area contributed by atoms with E-state index in [-0.39, 0.29) is 5.91 Å². The van der Waals surface area contributed by atoms with Crippen molar-refractivity contribution in [3.63, 3.8) is 0 Å². The Bertz CT molecular complexity index is 799. The molecule has 1 aromatic carbocycles. The van der Waals surface area contributed by atoms with Crippen LogP contribution in [0.5, 0.6) is 5.75 Å². The average Bonchev–Trinajstić information content (AvgIpc) is 3.20. The smallest absolute Gasteiger partial charge is 0.223 e. The van der Waals surface area contributed by atoms with Gasteiger partial charge in [0.15, 0.2) is 0 Å². The van der Waals surface area contributed by atoms with Crippen LogP contribution in [0, 0.1) is 0 Å². The van der Waals surface area contributed by atoms with Gasteiger partial charge in [-0.25, -0.2) is 0 Å². The lowest BCUT2D eigenvalue weighted by Crippen LogP contribution is -2.30. The van der Waals surface area contributed by atoms with E-state index in [0.29, 0.717) is 25.9 Å². The van der Waals surface area contributed by atoms with E-state index in [1.165, 1.54) is 0 Å². The minimum absolute atomic E-state index is 0.0721. The fourth-order valence-corrected chi connectivity index (χ4v) is 2.71. The van der Waals surface area contributed by atoms with Gasteiger partial charge in [0, 0.05) is 12.6 Å². The van der Waals surface area contributed by atoms with Crippen LogP contribution in [-0.4, -0.2) is 22.9 Å². The number of nitrogens with zero attached hydrogens (tertiary/aromatic N) is 2. The zero-order valence-electron chi connectivity index (χ0n) is 14.8. The van der Waals surface area contributed by atoms with Gasteiger partial charge in [0.25, 0.3) is 0 Å². The minimum Gasteiger partial charge on any atom is -0.497 e. The van der Waals surface area contributed by atoms with Crippen LogP contribution in [0.1, 0.15) is 23.4 Å². The first-order chi connectivity index (χ1) is 12.7. The molecule has 0 atom stereocenters. The molecule has 5 heteroatoms. The molecular formula is C21H22N2O3. The number of aromatic nitrogens is 1. The van der Waals surface area contributed by atoms with Gasteiger partial charge in [0.05, 0.1) is 32.2 Å². The van der Waals surface area contributed by atoms with Crippen LogP contribution < -0.4 is 4.74 Å². The number of benzene rings is 1. The summed E-state index contributed by atoms with van der Waals surface area (Å²) in [4.78, 5) is 18.9. The summed E-state index contributed by atoms with van der Waals surface area (Å²) in [6.45, 7) is 0.897. The summed E-state index contributed by atoms with van der Waals surface area (Å²) in [6, 6.07) is 17.2. The topological polar surface area (TPSA) is 55.6 Å². The Morgan fingerprint density at radius 1 is 1.08 bits per heavy atom. The Balaban J connectivity index is 1.65. The van der Waals surface area contributed by atoms with Gasteiger partial charge >= 0.3 is 0 Å². The van der Waals surface area contributed by atoms with Gasteiger partial charge in [-0.15, -0.1) is 0 Å². The summed E-state index contributed by atoms with van der Waals surface area (Å²) < 4.78 is 10.6. The molecule has 2 aromatic heterocycles. The molecule has 0 aliphatic carbocycles. The molecule has 0 fully saturated rings. The van der Waals surface area contributed by atoms with Crippen molar-refractivity contribution in [3.05, 3.63) is 84.1 Å². The van der Waals surface area contributed by atoms with Crippen LogP contribution in [0.4, 0.5) is 0 Å². The number of hydrogen-bond acceptors (Lipinski definition) is 4. The fourth-order valence-electron chi connectivity index (χ4n) is 2.71. The van der Waals surface area contributed by atoms with Gasteiger partial charge in [-0.3, -0.25) is 9.78 Å². The van der Waals surface area contributed by atoms with Gasteiger partial charge in [-0.2, -0.15) is 0 Å². The van der Waals surface area contributed by atoms with Gasteiger partial charge in [-0.1, -0.05) is 18.2 Å². The molecule has 0 radical (unpaired) electrons. The summed E-state index contributed by atoms with van der Waals surface area (Å²) >= 11 is 0. The van der Waals surface area contributed by atoms with Crippen molar-refractivity contribution in [1.82, 2.24) is 9.88 Å². The van der Waals surface area contributed by atoms with Crippen LogP contribution in [0.2, 0.25) is 0 Å². The first kappa shape index (κ1) is 17.7. The number of methoxy groups -OCH3 is 1. The highest BCUT2D eigenvalue weighted by molar-refractivity contribution is 5.76. The molecule has 5 nitrogen and oxygen atoms in total. The highest BCUT2D eigenvalue weighted by Gasteiger charge is 2.16. The molecule has 0 aliphatic rings. The summed E-state index contributed by atoms with van der Waals surface area (Å²) in [6.07, 6.45) is 4.47. The molecule has 3 aromatic rings. The van der Waals surface area contributed by atoms with E-state index in [1.807, 2.05) is 54.6 Å². The van der Waals surface area contributed by atoms with E-state index < -0.39 is 0 Å². The molecule has 3 rings (SSSR count). The number of furan rings is 1. The van der Waals surface area contributed by atoms with Gasteiger partial charge in [0.1, 0.15) is 11.5 Å². The Kier molecular flexibility index (Phi) is 6.04. The summed E-state index contributed by atoms with van der Waals surface area (Å²) in [5, 5.41) is 0. The second-order valence-electron chi connectivity index (χ2n) is 6.00. The zero-order valence-corrected chi connectivity index (χ0v) is 14.8. The fraction of sp³-hybridized carbons (Fsp3) is 0.238. The van der Waals surface area contributed by atoms with Crippen molar-refractivity contribution in [3.8, 4) is 5.75 Å². The van der Waals surface area contributed by atoms with Crippen molar-refractivity contribution in [1.29, 1.82) is 0 Å². The van der Waals surface area contributed by atoms with Crippen LogP contribution in [0.25, 0.3) is 0 Å². The van der Waals surface area contributed by atoms with Gasteiger partial charge in [-0.05, 0) is 48.4 Å². The largest absolute Gasteiger partial charge is 0.497 e. The number of rotatable bonds is 8. The minimum atomic E-state index is 0.0721. The lowest BCUT2D eigenvalue weighted by Gasteiger charge is -2.21. The van der Waals surface area contributed by atoms with Crippen molar-refractivity contribution in [2.24, 2.45) is 0 Å². The Morgan fingerprint density at radius 3 is 2.58 bits per heavy atom. The lowest BCUT2D eigenvalue weighted by molar-refractivity contribution is -0.132. The van der Waals surface area contributed by atoms with E-state index >= 15 is 0 Å². The van der Waals surface area contributed by atoms with Crippen LogP contribution >= 0.6 is 0 Å². The molecule has 0 saturated carbocycles. The first-order valence-electron chi connectivity index (χ1n) is 8.57. The second kappa shape index (κ2) is 8.85. The summed E-state index contributed by atoms with van der Waals surface area (Å²) in [7, 11) is 1.64. The average molecular weight is 350 g/mol. The molecule has 26 heavy (non-hydrogen) atoms.